The summed E-state index contributed by atoms with van der Waals surface area (Å²) in [7, 11) is 2.07. The molecule has 0 aromatic carbocycles. The van der Waals surface area contributed by atoms with Crippen molar-refractivity contribution in [2.75, 3.05) is 20.2 Å². The van der Waals surface area contributed by atoms with E-state index in [4.69, 9.17) is 5.11 Å². The van der Waals surface area contributed by atoms with Crippen LogP contribution < -0.4 is 0 Å². The summed E-state index contributed by atoms with van der Waals surface area (Å²) in [6.07, 6.45) is 0.850. The second kappa shape index (κ2) is 5.75. The summed E-state index contributed by atoms with van der Waals surface area (Å²) in [5, 5.41) is 8.65. The fourth-order valence-corrected chi connectivity index (χ4v) is 2.69. The van der Waals surface area contributed by atoms with Crippen LogP contribution in [0.1, 0.15) is 11.3 Å². The summed E-state index contributed by atoms with van der Waals surface area (Å²) >= 11 is 5.20. The van der Waals surface area contributed by atoms with Gasteiger partial charge in [-0.05, 0) is 41.5 Å². The number of aliphatic hydroxyl groups excluding tert-OH is 1. The molecule has 4 heteroatoms. The average Bonchev–Trinajstić information content (AvgIpc) is 2.48. The molecule has 1 aromatic heterocycles. The highest BCUT2D eigenvalue weighted by Crippen LogP contribution is 2.22. The lowest BCUT2D eigenvalue weighted by Gasteiger charge is -2.14. The van der Waals surface area contributed by atoms with E-state index in [-0.39, 0.29) is 6.61 Å². The normalized spacial score (nSPS) is 11.1. The number of hydrogen-bond donors (Lipinski definition) is 1. The zero-order chi connectivity index (χ0) is 9.68. The van der Waals surface area contributed by atoms with Crippen LogP contribution in [0.25, 0.3) is 0 Å². The van der Waals surface area contributed by atoms with Crippen molar-refractivity contribution in [3.8, 4) is 0 Å². The average molecular weight is 264 g/mol. The molecule has 1 aromatic rings. The second-order valence-corrected chi connectivity index (χ2v) is 5.57. The first kappa shape index (κ1) is 11.2. The molecule has 0 spiro atoms. The molecule has 0 aliphatic carbocycles. The number of nitrogens with zero attached hydrogens (tertiary/aromatic N) is 1. The first-order valence-corrected chi connectivity index (χ1v) is 5.87. The van der Waals surface area contributed by atoms with E-state index >= 15 is 0 Å². The molecule has 13 heavy (non-hydrogen) atoms. The van der Waals surface area contributed by atoms with Gasteiger partial charge < -0.3 is 10.0 Å². The molecule has 0 unspecified atom stereocenters. The molecule has 0 saturated carbocycles. The van der Waals surface area contributed by atoms with Gasteiger partial charge in [-0.2, -0.15) is 0 Å². The van der Waals surface area contributed by atoms with Crippen LogP contribution >= 0.6 is 27.3 Å². The molecule has 0 bridgehead atoms. The minimum absolute atomic E-state index is 0.276. The largest absolute Gasteiger partial charge is 0.396 e. The monoisotopic (exact) mass is 263 g/mol. The van der Waals surface area contributed by atoms with Gasteiger partial charge in [0.15, 0.2) is 0 Å². The summed E-state index contributed by atoms with van der Waals surface area (Å²) in [6, 6.07) is 4.20. The zero-order valence-corrected chi connectivity index (χ0v) is 10.1. The molecule has 0 aliphatic heterocycles. The molecule has 0 amide bonds. The Morgan fingerprint density at radius 1 is 1.54 bits per heavy atom. The molecule has 1 N–H and O–H groups in total. The van der Waals surface area contributed by atoms with Crippen LogP contribution in [0.15, 0.2) is 15.9 Å². The van der Waals surface area contributed by atoms with Crippen LogP contribution in [-0.4, -0.2) is 30.2 Å². The zero-order valence-electron chi connectivity index (χ0n) is 7.66. The summed E-state index contributed by atoms with van der Waals surface area (Å²) in [5.41, 5.74) is 0. The number of halogens is 1. The van der Waals surface area contributed by atoms with Gasteiger partial charge in [-0.1, -0.05) is 0 Å². The van der Waals surface area contributed by atoms with E-state index < -0.39 is 0 Å². The summed E-state index contributed by atoms with van der Waals surface area (Å²) in [4.78, 5) is 3.57. The van der Waals surface area contributed by atoms with Gasteiger partial charge >= 0.3 is 0 Å². The molecule has 1 rings (SSSR count). The van der Waals surface area contributed by atoms with Gasteiger partial charge in [0, 0.05) is 24.6 Å². The molecular weight excluding hydrogens is 250 g/mol. The Morgan fingerprint density at radius 2 is 2.31 bits per heavy atom. The number of hydrogen-bond acceptors (Lipinski definition) is 3. The Bertz CT molecular complexity index is 252. The molecular formula is C9H14BrNOS. The Labute approximate surface area is 91.3 Å². The van der Waals surface area contributed by atoms with Crippen molar-refractivity contribution in [3.05, 3.63) is 20.8 Å². The van der Waals surface area contributed by atoms with Crippen molar-refractivity contribution < 1.29 is 5.11 Å². The smallest absolute Gasteiger partial charge is 0.0701 e. The molecule has 2 nitrogen and oxygen atoms in total. The standard InChI is InChI=1S/C9H14BrNOS/c1-11(5-2-6-12)7-8-3-4-9(10)13-8/h3-4,12H,2,5-7H2,1H3. The number of thiophene rings is 1. The van der Waals surface area contributed by atoms with Crippen LogP contribution in [0.5, 0.6) is 0 Å². The summed E-state index contributed by atoms with van der Waals surface area (Å²) in [5.74, 6) is 0. The Hall–Kier alpha value is 0.1000. The second-order valence-electron chi connectivity index (χ2n) is 3.02. The van der Waals surface area contributed by atoms with Crippen LogP contribution in [0.4, 0.5) is 0 Å². The third kappa shape index (κ3) is 4.22. The van der Waals surface area contributed by atoms with Gasteiger partial charge in [0.25, 0.3) is 0 Å². The van der Waals surface area contributed by atoms with Crippen molar-refractivity contribution in [1.29, 1.82) is 0 Å². The van der Waals surface area contributed by atoms with E-state index in [0.717, 1.165) is 19.5 Å². The van der Waals surface area contributed by atoms with Crippen LogP contribution in [0, 0.1) is 0 Å². The van der Waals surface area contributed by atoms with Gasteiger partial charge in [0.1, 0.15) is 0 Å². The fourth-order valence-electron chi connectivity index (χ4n) is 1.12. The maximum atomic E-state index is 8.65. The maximum absolute atomic E-state index is 8.65. The third-order valence-electron chi connectivity index (χ3n) is 1.75. The van der Waals surface area contributed by atoms with E-state index in [1.807, 2.05) is 0 Å². The summed E-state index contributed by atoms with van der Waals surface area (Å²) < 4.78 is 1.18. The highest BCUT2D eigenvalue weighted by molar-refractivity contribution is 9.11. The first-order chi connectivity index (χ1) is 6.22. The minimum atomic E-state index is 0.276. The highest BCUT2D eigenvalue weighted by Gasteiger charge is 2.01. The van der Waals surface area contributed by atoms with E-state index in [9.17, 15) is 0 Å². The first-order valence-electron chi connectivity index (χ1n) is 4.26. The van der Waals surface area contributed by atoms with Crippen molar-refractivity contribution in [3.63, 3.8) is 0 Å². The Morgan fingerprint density at radius 3 is 2.85 bits per heavy atom. The summed E-state index contributed by atoms with van der Waals surface area (Å²) in [6.45, 7) is 2.20. The number of rotatable bonds is 5. The maximum Gasteiger partial charge on any atom is 0.0701 e. The Balaban J connectivity index is 2.31. The van der Waals surface area contributed by atoms with Crippen molar-refractivity contribution in [1.82, 2.24) is 4.90 Å². The van der Waals surface area contributed by atoms with E-state index in [2.05, 4.69) is 40.0 Å². The van der Waals surface area contributed by atoms with E-state index in [0.29, 0.717) is 0 Å². The predicted octanol–water partition coefficient (Wildman–Crippen LogP) is 2.32. The van der Waals surface area contributed by atoms with Gasteiger partial charge in [-0.25, -0.2) is 0 Å². The van der Waals surface area contributed by atoms with Crippen molar-refractivity contribution in [2.24, 2.45) is 0 Å². The molecule has 74 valence electrons. The fraction of sp³-hybridized carbons (Fsp3) is 0.556. The van der Waals surface area contributed by atoms with Crippen LogP contribution in [0.2, 0.25) is 0 Å². The van der Waals surface area contributed by atoms with Crippen molar-refractivity contribution in [2.45, 2.75) is 13.0 Å². The predicted molar refractivity (Wildman–Crippen MR) is 60.1 cm³/mol. The van der Waals surface area contributed by atoms with Gasteiger partial charge in [-0.15, -0.1) is 11.3 Å². The third-order valence-corrected chi connectivity index (χ3v) is 3.36. The van der Waals surface area contributed by atoms with Crippen LogP contribution in [-0.2, 0) is 6.54 Å². The Kier molecular flexibility index (Phi) is 4.94. The SMILES string of the molecule is CN(CCCO)Cc1ccc(Br)s1. The lowest BCUT2D eigenvalue weighted by Crippen LogP contribution is -2.19. The van der Waals surface area contributed by atoms with E-state index in [1.54, 1.807) is 11.3 Å². The van der Waals surface area contributed by atoms with Gasteiger partial charge in [-0.3, -0.25) is 0 Å². The van der Waals surface area contributed by atoms with Crippen molar-refractivity contribution >= 4 is 27.3 Å². The highest BCUT2D eigenvalue weighted by atomic mass is 79.9. The molecule has 1 heterocycles. The minimum Gasteiger partial charge on any atom is -0.396 e. The molecule has 0 aliphatic rings. The van der Waals surface area contributed by atoms with Crippen LogP contribution in [0.3, 0.4) is 0 Å². The number of aliphatic hydroxyl groups is 1. The van der Waals surface area contributed by atoms with E-state index in [1.165, 1.54) is 8.66 Å². The molecule has 0 radical (unpaired) electrons. The topological polar surface area (TPSA) is 23.5 Å². The van der Waals surface area contributed by atoms with Gasteiger partial charge in [0.05, 0.1) is 3.79 Å². The molecule has 0 saturated heterocycles. The molecule has 0 fully saturated rings. The van der Waals surface area contributed by atoms with Gasteiger partial charge in [0.2, 0.25) is 0 Å². The lowest BCUT2D eigenvalue weighted by atomic mass is 10.4. The lowest BCUT2D eigenvalue weighted by molar-refractivity contribution is 0.245. The molecule has 0 atom stereocenters. The quantitative estimate of drug-likeness (QED) is 0.882.